The van der Waals surface area contributed by atoms with Crippen LogP contribution in [0.5, 0.6) is 0 Å². The van der Waals surface area contributed by atoms with Crippen molar-refractivity contribution in [2.24, 2.45) is 0 Å². The van der Waals surface area contributed by atoms with Crippen LogP contribution in [0.25, 0.3) is 0 Å². The summed E-state index contributed by atoms with van der Waals surface area (Å²) >= 11 is 5.84. The van der Waals surface area contributed by atoms with Crippen LogP contribution >= 0.6 is 11.6 Å². The molecule has 8 heteroatoms. The van der Waals surface area contributed by atoms with Gasteiger partial charge < -0.3 is 15.0 Å². The molecular weight excluding hydrogens is 385 g/mol. The van der Waals surface area contributed by atoms with Gasteiger partial charge in [-0.3, -0.25) is 9.69 Å². The van der Waals surface area contributed by atoms with Crippen molar-refractivity contribution in [3.05, 3.63) is 58.9 Å². The van der Waals surface area contributed by atoms with Crippen molar-refractivity contribution in [2.45, 2.75) is 13.0 Å². The van der Waals surface area contributed by atoms with E-state index in [-0.39, 0.29) is 30.1 Å². The second kappa shape index (κ2) is 9.03. The number of halogens is 2. The topological polar surface area (TPSA) is 61.9 Å². The van der Waals surface area contributed by atoms with E-state index in [0.29, 0.717) is 30.0 Å². The smallest absolute Gasteiger partial charge is 0.324 e. The van der Waals surface area contributed by atoms with Crippen LogP contribution in [0.15, 0.2) is 42.5 Å². The molecule has 0 aliphatic carbocycles. The van der Waals surface area contributed by atoms with Crippen LogP contribution in [-0.2, 0) is 16.1 Å². The van der Waals surface area contributed by atoms with Crippen molar-refractivity contribution < 1.29 is 18.7 Å². The van der Waals surface area contributed by atoms with E-state index in [4.69, 9.17) is 16.3 Å². The van der Waals surface area contributed by atoms with Gasteiger partial charge in [0.25, 0.3) is 0 Å². The number of amides is 3. The minimum Gasteiger partial charge on any atom is -0.375 e. The molecule has 28 heavy (non-hydrogen) atoms. The number of nitrogens with zero attached hydrogens (tertiary/aromatic N) is 2. The number of urea groups is 1. The lowest BCUT2D eigenvalue weighted by atomic mass is 10.1. The molecule has 1 N–H and O–H groups in total. The van der Waals surface area contributed by atoms with Crippen molar-refractivity contribution in [2.75, 3.05) is 37.0 Å². The minimum absolute atomic E-state index is 0.0264. The first kappa shape index (κ1) is 20.1. The van der Waals surface area contributed by atoms with Crippen LogP contribution in [0.1, 0.15) is 12.0 Å². The van der Waals surface area contributed by atoms with E-state index in [1.165, 1.54) is 13.2 Å². The summed E-state index contributed by atoms with van der Waals surface area (Å²) in [5, 5.41) is 2.75. The normalized spacial score (nSPS) is 14.3. The third-order valence-corrected chi connectivity index (χ3v) is 4.73. The number of ether oxygens (including phenoxy) is 1. The fourth-order valence-electron chi connectivity index (χ4n) is 3.10. The second-order valence-electron chi connectivity index (χ2n) is 6.45. The number of hydrogen-bond acceptors (Lipinski definition) is 3. The average Bonchev–Trinajstić information content (AvgIpc) is 2.68. The molecule has 1 fully saturated rings. The zero-order valence-electron chi connectivity index (χ0n) is 15.5. The number of benzene rings is 2. The summed E-state index contributed by atoms with van der Waals surface area (Å²) < 4.78 is 19.0. The van der Waals surface area contributed by atoms with Gasteiger partial charge in [-0.15, -0.1) is 0 Å². The standard InChI is InChI=1S/C20H21ClFN3O3/c1-28-13-18(26)23-15-6-8-16(9-7-15)25-11-3-10-24(20(25)27)12-14-4-2-5-17(21)19(14)22/h2,4-9H,3,10-13H2,1H3,(H,23,26). The third-order valence-electron chi connectivity index (χ3n) is 4.44. The van der Waals surface area contributed by atoms with Gasteiger partial charge in [0.1, 0.15) is 12.4 Å². The Morgan fingerprint density at radius 1 is 1.21 bits per heavy atom. The maximum Gasteiger partial charge on any atom is 0.324 e. The molecule has 3 amide bonds. The molecule has 2 aromatic rings. The summed E-state index contributed by atoms with van der Waals surface area (Å²) in [6.45, 7) is 1.25. The van der Waals surface area contributed by atoms with Crippen LogP contribution in [-0.4, -0.2) is 43.6 Å². The van der Waals surface area contributed by atoms with Crippen LogP contribution in [0.2, 0.25) is 5.02 Å². The predicted molar refractivity (Wildman–Crippen MR) is 106 cm³/mol. The number of hydrogen-bond donors (Lipinski definition) is 1. The molecule has 0 radical (unpaired) electrons. The highest BCUT2D eigenvalue weighted by molar-refractivity contribution is 6.30. The molecule has 0 atom stereocenters. The van der Waals surface area contributed by atoms with Crippen LogP contribution in [0.3, 0.4) is 0 Å². The Hall–Kier alpha value is -2.64. The Morgan fingerprint density at radius 3 is 2.68 bits per heavy atom. The van der Waals surface area contributed by atoms with Gasteiger partial charge in [-0.2, -0.15) is 0 Å². The maximum absolute atomic E-state index is 14.2. The molecule has 0 aromatic heterocycles. The number of anilines is 2. The largest absolute Gasteiger partial charge is 0.375 e. The molecule has 2 aromatic carbocycles. The van der Waals surface area contributed by atoms with Gasteiger partial charge >= 0.3 is 6.03 Å². The van der Waals surface area contributed by atoms with Gasteiger partial charge in [0, 0.05) is 37.1 Å². The number of carbonyl (C=O) groups excluding carboxylic acids is 2. The lowest BCUT2D eigenvalue weighted by Crippen LogP contribution is -2.49. The minimum atomic E-state index is -0.495. The van der Waals surface area contributed by atoms with Gasteiger partial charge in [0.05, 0.1) is 11.6 Å². The Balaban J connectivity index is 1.70. The molecule has 148 valence electrons. The van der Waals surface area contributed by atoms with Gasteiger partial charge in [0.2, 0.25) is 5.91 Å². The quantitative estimate of drug-likeness (QED) is 0.792. The van der Waals surface area contributed by atoms with Crippen molar-refractivity contribution in [3.8, 4) is 0 Å². The van der Waals surface area contributed by atoms with E-state index < -0.39 is 5.82 Å². The fraction of sp³-hybridized carbons (Fsp3) is 0.300. The van der Waals surface area contributed by atoms with E-state index in [2.05, 4.69) is 5.32 Å². The summed E-state index contributed by atoms with van der Waals surface area (Å²) in [4.78, 5) is 27.7. The molecule has 0 spiro atoms. The monoisotopic (exact) mass is 405 g/mol. The summed E-state index contributed by atoms with van der Waals surface area (Å²) in [7, 11) is 1.45. The molecule has 6 nitrogen and oxygen atoms in total. The van der Waals surface area contributed by atoms with Crippen molar-refractivity contribution >= 4 is 34.9 Å². The lowest BCUT2D eigenvalue weighted by Gasteiger charge is -2.35. The highest BCUT2D eigenvalue weighted by Gasteiger charge is 2.27. The van der Waals surface area contributed by atoms with Crippen LogP contribution in [0.4, 0.5) is 20.6 Å². The Bertz CT molecular complexity index is 860. The van der Waals surface area contributed by atoms with E-state index in [9.17, 15) is 14.0 Å². The highest BCUT2D eigenvalue weighted by Crippen LogP contribution is 2.25. The maximum atomic E-state index is 14.2. The first-order valence-corrected chi connectivity index (χ1v) is 9.25. The first-order chi connectivity index (χ1) is 13.5. The van der Waals surface area contributed by atoms with Crippen molar-refractivity contribution in [3.63, 3.8) is 0 Å². The predicted octanol–water partition coefficient (Wildman–Crippen LogP) is 3.90. The lowest BCUT2D eigenvalue weighted by molar-refractivity contribution is -0.119. The van der Waals surface area contributed by atoms with Crippen LogP contribution in [0, 0.1) is 5.82 Å². The molecule has 1 heterocycles. The van der Waals surface area contributed by atoms with Crippen molar-refractivity contribution in [1.82, 2.24) is 4.90 Å². The molecule has 1 aliphatic rings. The zero-order valence-corrected chi connectivity index (χ0v) is 16.2. The molecule has 1 aliphatic heterocycles. The fourth-order valence-corrected chi connectivity index (χ4v) is 3.29. The zero-order chi connectivity index (χ0) is 20.1. The van der Waals surface area contributed by atoms with E-state index in [1.54, 1.807) is 46.2 Å². The Morgan fingerprint density at radius 2 is 1.96 bits per heavy atom. The summed E-state index contributed by atoms with van der Waals surface area (Å²) in [6.07, 6.45) is 0.764. The Kier molecular flexibility index (Phi) is 6.49. The number of methoxy groups -OCH3 is 1. The van der Waals surface area contributed by atoms with E-state index in [0.717, 1.165) is 6.42 Å². The summed E-state index contributed by atoms with van der Waals surface area (Å²) in [5.74, 6) is -0.746. The van der Waals surface area contributed by atoms with Gasteiger partial charge in [-0.1, -0.05) is 23.7 Å². The second-order valence-corrected chi connectivity index (χ2v) is 6.86. The number of carbonyl (C=O) groups is 2. The number of rotatable bonds is 6. The van der Waals surface area contributed by atoms with E-state index in [1.807, 2.05) is 0 Å². The summed E-state index contributed by atoms with van der Waals surface area (Å²) in [6, 6.07) is 11.6. The SMILES string of the molecule is COCC(=O)Nc1ccc(N2CCCN(Cc3cccc(Cl)c3F)C2=O)cc1. The van der Waals surface area contributed by atoms with Gasteiger partial charge in [-0.05, 0) is 36.8 Å². The third kappa shape index (κ3) is 4.61. The number of nitrogens with one attached hydrogen (secondary N) is 1. The van der Waals surface area contributed by atoms with Gasteiger partial charge in [0.15, 0.2) is 0 Å². The van der Waals surface area contributed by atoms with Gasteiger partial charge in [-0.25, -0.2) is 9.18 Å². The summed E-state index contributed by atoms with van der Waals surface area (Å²) in [5.41, 5.74) is 1.72. The highest BCUT2D eigenvalue weighted by atomic mass is 35.5. The van der Waals surface area contributed by atoms with E-state index >= 15 is 0 Å². The average molecular weight is 406 g/mol. The molecule has 1 saturated heterocycles. The molecule has 0 saturated carbocycles. The first-order valence-electron chi connectivity index (χ1n) is 8.88. The molecule has 3 rings (SSSR count). The van der Waals surface area contributed by atoms with Crippen molar-refractivity contribution in [1.29, 1.82) is 0 Å². The Labute approximate surface area is 167 Å². The molecular formula is C20H21ClFN3O3. The van der Waals surface area contributed by atoms with Crippen LogP contribution < -0.4 is 10.2 Å². The molecule has 0 bridgehead atoms. The molecule has 0 unspecified atom stereocenters.